The molecule has 110 valence electrons. The molecule has 0 radical (unpaired) electrons. The van der Waals surface area contributed by atoms with Crippen LogP contribution >= 0.6 is 0 Å². The third kappa shape index (κ3) is 2.04. The predicted octanol–water partition coefficient (Wildman–Crippen LogP) is 2.49. The van der Waals surface area contributed by atoms with Crippen molar-refractivity contribution in [2.75, 3.05) is 13.2 Å². The Morgan fingerprint density at radius 2 is 1.86 bits per heavy atom. The van der Waals surface area contributed by atoms with Crippen molar-refractivity contribution >= 4 is 0 Å². The normalized spacial score (nSPS) is 16.1. The summed E-state index contributed by atoms with van der Waals surface area (Å²) in [6.45, 7) is 1.08. The fraction of sp³-hybridized carbons (Fsp3) is 0.294. The van der Waals surface area contributed by atoms with Crippen LogP contribution in [0.5, 0.6) is 11.5 Å². The van der Waals surface area contributed by atoms with E-state index in [4.69, 9.17) is 14.7 Å². The second-order valence-electron chi connectivity index (χ2n) is 5.51. The van der Waals surface area contributed by atoms with Gasteiger partial charge in [-0.3, -0.25) is 4.79 Å². The lowest BCUT2D eigenvalue weighted by Gasteiger charge is -2.20. The Labute approximate surface area is 127 Å². The molecule has 1 aliphatic heterocycles. The average Bonchev–Trinajstić information content (AvgIpc) is 3.39. The minimum Gasteiger partial charge on any atom is -0.486 e. The van der Waals surface area contributed by atoms with Crippen LogP contribution in [-0.2, 0) is 0 Å². The lowest BCUT2D eigenvalue weighted by Crippen LogP contribution is -2.23. The Bertz CT molecular complexity index is 844. The molecule has 1 aliphatic carbocycles. The van der Waals surface area contributed by atoms with E-state index in [1.54, 1.807) is 10.6 Å². The molecule has 0 amide bonds. The molecule has 2 heterocycles. The fourth-order valence-corrected chi connectivity index (χ4v) is 2.77. The van der Waals surface area contributed by atoms with E-state index in [2.05, 4.69) is 0 Å². The van der Waals surface area contributed by atoms with Crippen molar-refractivity contribution in [1.29, 1.82) is 5.26 Å². The van der Waals surface area contributed by atoms with E-state index >= 15 is 0 Å². The predicted molar refractivity (Wildman–Crippen MR) is 80.1 cm³/mol. The highest BCUT2D eigenvalue weighted by Gasteiger charge is 2.28. The minimum atomic E-state index is -0.211. The average molecular weight is 294 g/mol. The van der Waals surface area contributed by atoms with Crippen LogP contribution in [0.15, 0.2) is 35.1 Å². The zero-order valence-corrected chi connectivity index (χ0v) is 11.9. The van der Waals surface area contributed by atoms with Crippen molar-refractivity contribution < 1.29 is 9.47 Å². The van der Waals surface area contributed by atoms with Gasteiger partial charge in [-0.1, -0.05) is 0 Å². The number of hydrogen-bond acceptors (Lipinski definition) is 4. The molecule has 5 heteroatoms. The van der Waals surface area contributed by atoms with E-state index in [9.17, 15) is 4.79 Å². The molecule has 1 aromatic carbocycles. The van der Waals surface area contributed by atoms with Gasteiger partial charge in [0.15, 0.2) is 11.5 Å². The van der Waals surface area contributed by atoms with Crippen molar-refractivity contribution in [3.05, 3.63) is 46.2 Å². The maximum atomic E-state index is 12.4. The van der Waals surface area contributed by atoms with E-state index in [0.717, 1.165) is 29.8 Å². The molecular weight excluding hydrogens is 280 g/mol. The number of benzene rings is 1. The summed E-state index contributed by atoms with van der Waals surface area (Å²) < 4.78 is 12.9. The monoisotopic (exact) mass is 294 g/mol. The molecule has 0 bridgehead atoms. The van der Waals surface area contributed by atoms with Crippen LogP contribution in [0.1, 0.15) is 24.4 Å². The number of hydrogen-bond donors (Lipinski definition) is 0. The van der Waals surface area contributed by atoms with Crippen LogP contribution in [0.3, 0.4) is 0 Å². The summed E-state index contributed by atoms with van der Waals surface area (Å²) in [5.74, 6) is 1.42. The first-order chi connectivity index (χ1) is 10.8. The highest BCUT2D eigenvalue weighted by Crippen LogP contribution is 2.39. The molecule has 1 saturated carbocycles. The molecule has 4 rings (SSSR count). The molecule has 0 atom stereocenters. The van der Waals surface area contributed by atoms with Crippen molar-refractivity contribution in [2.45, 2.75) is 18.9 Å². The van der Waals surface area contributed by atoms with Gasteiger partial charge in [0.2, 0.25) is 0 Å². The van der Waals surface area contributed by atoms with Gasteiger partial charge in [-0.05, 0) is 43.2 Å². The van der Waals surface area contributed by atoms with Crippen LogP contribution in [0.4, 0.5) is 0 Å². The van der Waals surface area contributed by atoms with Gasteiger partial charge in [0, 0.05) is 11.6 Å². The zero-order chi connectivity index (χ0) is 15.1. The quantitative estimate of drug-likeness (QED) is 0.853. The number of nitriles is 1. The highest BCUT2D eigenvalue weighted by molar-refractivity contribution is 5.65. The number of aromatic nitrogens is 1. The van der Waals surface area contributed by atoms with E-state index in [1.807, 2.05) is 30.3 Å². The summed E-state index contributed by atoms with van der Waals surface area (Å²) in [6.07, 6.45) is 1.96. The van der Waals surface area contributed by atoms with E-state index in [0.29, 0.717) is 19.0 Å². The molecule has 2 aliphatic rings. The SMILES string of the molecule is N#Cc1ccc(-c2ccc3c(c2)OCCO3)n(C2CC2)c1=O. The van der Waals surface area contributed by atoms with E-state index < -0.39 is 0 Å². The third-order valence-corrected chi connectivity index (χ3v) is 3.99. The number of ether oxygens (including phenoxy) is 2. The number of nitrogens with zero attached hydrogens (tertiary/aromatic N) is 2. The second kappa shape index (κ2) is 4.92. The molecule has 0 N–H and O–H groups in total. The number of fused-ring (bicyclic) bond motifs is 1. The summed E-state index contributed by atoms with van der Waals surface area (Å²) in [5, 5.41) is 9.06. The summed E-state index contributed by atoms with van der Waals surface area (Å²) in [7, 11) is 0. The molecule has 5 nitrogen and oxygen atoms in total. The van der Waals surface area contributed by atoms with Crippen molar-refractivity contribution in [3.63, 3.8) is 0 Å². The number of pyridine rings is 1. The molecule has 1 aromatic heterocycles. The first kappa shape index (κ1) is 13.0. The van der Waals surface area contributed by atoms with Crippen LogP contribution in [0.25, 0.3) is 11.3 Å². The maximum Gasteiger partial charge on any atom is 0.269 e. The Morgan fingerprint density at radius 3 is 2.59 bits per heavy atom. The lowest BCUT2D eigenvalue weighted by atomic mass is 10.1. The van der Waals surface area contributed by atoms with Gasteiger partial charge >= 0.3 is 0 Å². The first-order valence-electron chi connectivity index (χ1n) is 7.33. The second-order valence-corrected chi connectivity index (χ2v) is 5.51. The van der Waals surface area contributed by atoms with Crippen molar-refractivity contribution in [2.24, 2.45) is 0 Å². The third-order valence-electron chi connectivity index (χ3n) is 3.99. The summed E-state index contributed by atoms with van der Waals surface area (Å²) >= 11 is 0. The standard InChI is InChI=1S/C17H14N2O3/c18-10-12-1-5-14(19(17(12)20)13-3-4-13)11-2-6-15-16(9-11)22-8-7-21-15/h1-2,5-6,9,13H,3-4,7-8H2. The minimum absolute atomic E-state index is 0.188. The molecule has 0 saturated heterocycles. The first-order valence-corrected chi connectivity index (χ1v) is 7.33. The van der Waals surface area contributed by atoms with Crippen LogP contribution < -0.4 is 15.0 Å². The summed E-state index contributed by atoms with van der Waals surface area (Å²) in [4.78, 5) is 12.4. The van der Waals surface area contributed by atoms with Gasteiger partial charge < -0.3 is 14.0 Å². The zero-order valence-electron chi connectivity index (χ0n) is 11.9. The van der Waals surface area contributed by atoms with Crippen LogP contribution in [0, 0.1) is 11.3 Å². The Balaban J connectivity index is 1.88. The smallest absolute Gasteiger partial charge is 0.269 e. The van der Waals surface area contributed by atoms with Gasteiger partial charge in [0.1, 0.15) is 24.8 Å². The summed E-state index contributed by atoms with van der Waals surface area (Å²) in [6, 6.07) is 11.3. The molecule has 22 heavy (non-hydrogen) atoms. The van der Waals surface area contributed by atoms with Gasteiger partial charge in [-0.15, -0.1) is 0 Å². The topological polar surface area (TPSA) is 64.2 Å². The Kier molecular flexibility index (Phi) is 2.90. The largest absolute Gasteiger partial charge is 0.486 e. The van der Waals surface area contributed by atoms with Gasteiger partial charge in [-0.2, -0.15) is 5.26 Å². The molecule has 1 fully saturated rings. The Hall–Kier alpha value is -2.74. The molecule has 0 spiro atoms. The van der Waals surface area contributed by atoms with Gasteiger partial charge in [0.05, 0.1) is 5.69 Å². The lowest BCUT2D eigenvalue weighted by molar-refractivity contribution is 0.171. The summed E-state index contributed by atoms with van der Waals surface area (Å²) in [5.41, 5.74) is 1.70. The molecule has 2 aromatic rings. The van der Waals surface area contributed by atoms with Gasteiger partial charge in [-0.25, -0.2) is 0 Å². The van der Waals surface area contributed by atoms with Crippen LogP contribution in [0.2, 0.25) is 0 Å². The maximum absolute atomic E-state index is 12.4. The Morgan fingerprint density at radius 1 is 1.09 bits per heavy atom. The van der Waals surface area contributed by atoms with Crippen molar-refractivity contribution in [3.8, 4) is 28.8 Å². The van der Waals surface area contributed by atoms with Crippen molar-refractivity contribution in [1.82, 2.24) is 4.57 Å². The van der Waals surface area contributed by atoms with E-state index in [-0.39, 0.29) is 17.2 Å². The highest BCUT2D eigenvalue weighted by atomic mass is 16.6. The van der Waals surface area contributed by atoms with E-state index in [1.165, 1.54) is 0 Å². The van der Waals surface area contributed by atoms with Crippen LogP contribution in [-0.4, -0.2) is 17.8 Å². The molecular formula is C17H14N2O3. The van der Waals surface area contributed by atoms with Gasteiger partial charge in [0.25, 0.3) is 5.56 Å². The fourth-order valence-electron chi connectivity index (χ4n) is 2.77. The molecule has 0 unspecified atom stereocenters. The number of rotatable bonds is 2.